The van der Waals surface area contributed by atoms with Crippen LogP contribution in [-0.4, -0.2) is 22.7 Å². The molecule has 2 amide bonds. The molecule has 1 aliphatic heterocycles. The van der Waals surface area contributed by atoms with Gasteiger partial charge in [0.2, 0.25) is 0 Å². The van der Waals surface area contributed by atoms with Crippen LogP contribution in [0.1, 0.15) is 23.6 Å². The number of ether oxygens (including phenoxy) is 2. The number of carbonyl (C=O) groups is 2. The highest BCUT2D eigenvalue weighted by Crippen LogP contribution is 2.40. The van der Waals surface area contributed by atoms with Gasteiger partial charge in [-0.15, -0.1) is 0 Å². The van der Waals surface area contributed by atoms with Crippen molar-refractivity contribution >= 4 is 71.6 Å². The van der Waals surface area contributed by atoms with E-state index in [1.54, 1.807) is 6.08 Å². The fourth-order valence-electron chi connectivity index (χ4n) is 4.20. The molecule has 5 rings (SSSR count). The fourth-order valence-corrected chi connectivity index (χ4v) is 5.88. The summed E-state index contributed by atoms with van der Waals surface area (Å²) in [5.74, 6) is 0.828. The first-order chi connectivity index (χ1) is 18.4. The van der Waals surface area contributed by atoms with Gasteiger partial charge < -0.3 is 9.47 Å². The van der Waals surface area contributed by atoms with Crippen LogP contribution in [0, 0.1) is 0 Å². The molecule has 1 fully saturated rings. The highest BCUT2D eigenvalue weighted by Gasteiger charge is 2.35. The van der Waals surface area contributed by atoms with E-state index in [-0.39, 0.29) is 17.7 Å². The molecule has 0 radical (unpaired) electrons. The maximum absolute atomic E-state index is 13.3. The lowest BCUT2D eigenvalue weighted by Gasteiger charge is -2.15. The third kappa shape index (κ3) is 5.82. The SMILES string of the molecule is CCOc1cc(/C=C2/SC(=O)N(Cc3cccc4ccccc34)C2=O)cc(Br)c1OCc1ccc(Br)cc1. The van der Waals surface area contributed by atoms with Crippen LogP contribution < -0.4 is 9.47 Å². The predicted octanol–water partition coefficient (Wildman–Crippen LogP) is 8.58. The third-order valence-electron chi connectivity index (χ3n) is 6.01. The summed E-state index contributed by atoms with van der Waals surface area (Å²) in [5, 5.41) is 1.82. The van der Waals surface area contributed by atoms with Gasteiger partial charge in [-0.3, -0.25) is 14.5 Å². The molecule has 0 spiro atoms. The number of rotatable bonds is 8. The number of imide groups is 1. The molecule has 4 aromatic carbocycles. The van der Waals surface area contributed by atoms with Crippen LogP contribution in [0.25, 0.3) is 16.8 Å². The summed E-state index contributed by atoms with van der Waals surface area (Å²) < 4.78 is 13.6. The van der Waals surface area contributed by atoms with Crippen LogP contribution >= 0.6 is 43.6 Å². The number of hydrogen-bond donors (Lipinski definition) is 0. The van der Waals surface area contributed by atoms with E-state index in [1.165, 1.54) is 4.90 Å². The Bertz CT molecular complexity index is 1550. The summed E-state index contributed by atoms with van der Waals surface area (Å²) in [4.78, 5) is 27.7. The molecule has 8 heteroatoms. The predicted molar refractivity (Wildman–Crippen MR) is 159 cm³/mol. The highest BCUT2D eigenvalue weighted by molar-refractivity contribution is 9.10. The van der Waals surface area contributed by atoms with Crippen molar-refractivity contribution in [2.45, 2.75) is 20.1 Å². The maximum Gasteiger partial charge on any atom is 0.293 e. The molecule has 1 saturated heterocycles. The number of fused-ring (bicyclic) bond motifs is 1. The monoisotopic (exact) mass is 651 g/mol. The zero-order chi connectivity index (χ0) is 26.6. The van der Waals surface area contributed by atoms with Crippen molar-refractivity contribution in [1.29, 1.82) is 0 Å². The summed E-state index contributed by atoms with van der Waals surface area (Å²) in [6.07, 6.45) is 1.72. The number of amides is 2. The zero-order valence-electron chi connectivity index (χ0n) is 20.4. The first kappa shape index (κ1) is 26.5. The van der Waals surface area contributed by atoms with Crippen LogP contribution in [-0.2, 0) is 17.9 Å². The normalized spacial score (nSPS) is 14.5. The maximum atomic E-state index is 13.3. The lowest BCUT2D eigenvalue weighted by atomic mass is 10.0. The molecule has 0 unspecified atom stereocenters. The molecule has 0 saturated carbocycles. The minimum Gasteiger partial charge on any atom is -0.490 e. The Labute approximate surface area is 242 Å². The zero-order valence-corrected chi connectivity index (χ0v) is 24.4. The summed E-state index contributed by atoms with van der Waals surface area (Å²) >= 11 is 7.99. The van der Waals surface area contributed by atoms with Gasteiger partial charge in [-0.1, -0.05) is 70.5 Å². The first-order valence-electron chi connectivity index (χ1n) is 12.0. The van der Waals surface area contributed by atoms with E-state index in [0.29, 0.717) is 34.1 Å². The van der Waals surface area contributed by atoms with Crippen molar-refractivity contribution in [3.8, 4) is 11.5 Å². The quantitative estimate of drug-likeness (QED) is 0.179. The second-order valence-electron chi connectivity index (χ2n) is 8.58. The van der Waals surface area contributed by atoms with E-state index in [1.807, 2.05) is 85.8 Å². The van der Waals surface area contributed by atoms with Crippen LogP contribution in [0.2, 0.25) is 0 Å². The Balaban J connectivity index is 1.38. The van der Waals surface area contributed by atoms with Crippen molar-refractivity contribution in [2.24, 2.45) is 0 Å². The summed E-state index contributed by atoms with van der Waals surface area (Å²) in [6, 6.07) is 25.5. The van der Waals surface area contributed by atoms with Crippen LogP contribution in [0.5, 0.6) is 11.5 Å². The number of hydrogen-bond acceptors (Lipinski definition) is 5. The molecule has 1 heterocycles. The molecule has 0 bridgehead atoms. The molecule has 0 aliphatic carbocycles. The molecule has 0 aromatic heterocycles. The second kappa shape index (κ2) is 11.8. The molecular weight excluding hydrogens is 630 g/mol. The summed E-state index contributed by atoms with van der Waals surface area (Å²) in [6.45, 7) is 2.95. The van der Waals surface area contributed by atoms with E-state index in [4.69, 9.17) is 9.47 Å². The molecular formula is C30H23Br2NO4S. The molecule has 0 atom stereocenters. The van der Waals surface area contributed by atoms with Crippen LogP contribution in [0.4, 0.5) is 4.79 Å². The Hall–Kier alpha value is -3.07. The van der Waals surface area contributed by atoms with Crippen LogP contribution in [0.15, 0.2) is 92.7 Å². The van der Waals surface area contributed by atoms with Crippen molar-refractivity contribution < 1.29 is 19.1 Å². The number of carbonyl (C=O) groups excluding carboxylic acids is 2. The summed E-state index contributed by atoms with van der Waals surface area (Å²) in [7, 11) is 0. The standard InChI is InChI=1S/C30H23Br2NO4S/c1-2-36-26-15-20(14-25(32)28(26)37-18-19-10-12-23(31)13-11-19)16-27-29(34)33(30(35)38-27)17-22-8-5-7-21-6-3-4-9-24(21)22/h3-16H,2,17-18H2,1H3/b27-16+. The van der Waals surface area contributed by atoms with Crippen LogP contribution in [0.3, 0.4) is 0 Å². The number of nitrogens with zero attached hydrogens (tertiary/aromatic N) is 1. The van der Waals surface area contributed by atoms with E-state index in [9.17, 15) is 9.59 Å². The Morgan fingerprint density at radius 3 is 2.47 bits per heavy atom. The van der Waals surface area contributed by atoms with Crippen molar-refractivity contribution in [1.82, 2.24) is 4.90 Å². The molecule has 1 aliphatic rings. The van der Waals surface area contributed by atoms with E-state index in [2.05, 4.69) is 31.9 Å². The summed E-state index contributed by atoms with van der Waals surface area (Å²) in [5.41, 5.74) is 2.68. The van der Waals surface area contributed by atoms with E-state index in [0.717, 1.165) is 43.7 Å². The lowest BCUT2D eigenvalue weighted by molar-refractivity contribution is -0.123. The van der Waals surface area contributed by atoms with Gasteiger partial charge in [0.05, 0.1) is 22.5 Å². The first-order valence-corrected chi connectivity index (χ1v) is 14.4. The largest absolute Gasteiger partial charge is 0.490 e. The Kier molecular flexibility index (Phi) is 8.21. The van der Waals surface area contributed by atoms with Gasteiger partial charge >= 0.3 is 0 Å². The number of thioether (sulfide) groups is 1. The average molecular weight is 653 g/mol. The second-order valence-corrected chi connectivity index (χ2v) is 11.3. The number of benzene rings is 4. The average Bonchev–Trinajstić information content (AvgIpc) is 3.17. The number of halogens is 2. The van der Waals surface area contributed by atoms with E-state index < -0.39 is 0 Å². The topological polar surface area (TPSA) is 55.8 Å². The minimum absolute atomic E-state index is 0.222. The van der Waals surface area contributed by atoms with Gasteiger partial charge in [0, 0.05) is 4.47 Å². The fraction of sp³-hybridized carbons (Fsp3) is 0.133. The van der Waals surface area contributed by atoms with Gasteiger partial charge in [-0.05, 0) is 92.4 Å². The van der Waals surface area contributed by atoms with Crippen molar-refractivity contribution in [2.75, 3.05) is 6.61 Å². The van der Waals surface area contributed by atoms with Gasteiger partial charge in [-0.2, -0.15) is 0 Å². The molecule has 4 aromatic rings. The van der Waals surface area contributed by atoms with Crippen molar-refractivity contribution in [3.05, 3.63) is 109 Å². The Morgan fingerprint density at radius 1 is 0.921 bits per heavy atom. The van der Waals surface area contributed by atoms with Crippen molar-refractivity contribution in [3.63, 3.8) is 0 Å². The smallest absolute Gasteiger partial charge is 0.293 e. The van der Waals surface area contributed by atoms with Gasteiger partial charge in [0.1, 0.15) is 6.61 Å². The van der Waals surface area contributed by atoms with Gasteiger partial charge in [-0.25, -0.2) is 0 Å². The highest BCUT2D eigenvalue weighted by atomic mass is 79.9. The molecule has 5 nitrogen and oxygen atoms in total. The molecule has 38 heavy (non-hydrogen) atoms. The van der Waals surface area contributed by atoms with Gasteiger partial charge in [0.25, 0.3) is 11.1 Å². The lowest BCUT2D eigenvalue weighted by Crippen LogP contribution is -2.27. The molecule has 0 N–H and O–H groups in total. The minimum atomic E-state index is -0.308. The Morgan fingerprint density at radius 2 is 1.68 bits per heavy atom. The molecule has 192 valence electrons. The van der Waals surface area contributed by atoms with Gasteiger partial charge in [0.15, 0.2) is 11.5 Å². The third-order valence-corrected chi connectivity index (χ3v) is 8.03. The van der Waals surface area contributed by atoms with E-state index >= 15 is 0 Å².